The molecule has 1 aliphatic carbocycles. The molecule has 1 atom stereocenters. The van der Waals surface area contributed by atoms with Crippen LogP contribution in [-0.4, -0.2) is 66.2 Å². The number of benzene rings is 2. The molecule has 1 saturated heterocycles. The van der Waals surface area contributed by atoms with Crippen molar-refractivity contribution in [2.75, 3.05) is 31.1 Å². The Bertz CT molecular complexity index is 1180. The van der Waals surface area contributed by atoms with E-state index in [4.69, 9.17) is 23.2 Å². The predicted molar refractivity (Wildman–Crippen MR) is 141 cm³/mol. The fourth-order valence-corrected chi connectivity index (χ4v) is 5.52. The Labute approximate surface area is 234 Å². The third kappa shape index (κ3) is 7.04. The van der Waals surface area contributed by atoms with E-state index in [1.807, 2.05) is 0 Å². The number of alkyl halides is 3. The van der Waals surface area contributed by atoms with Crippen LogP contribution in [-0.2, 0) is 14.3 Å². The number of halogens is 5. The van der Waals surface area contributed by atoms with Crippen molar-refractivity contribution in [3.05, 3.63) is 64.1 Å². The van der Waals surface area contributed by atoms with Gasteiger partial charge in [-0.1, -0.05) is 60.7 Å². The first-order valence-electron chi connectivity index (χ1n) is 12.7. The van der Waals surface area contributed by atoms with Gasteiger partial charge < -0.3 is 9.64 Å². The fourth-order valence-electron chi connectivity index (χ4n) is 5.15. The van der Waals surface area contributed by atoms with Crippen LogP contribution in [0.3, 0.4) is 0 Å². The second-order valence-electron chi connectivity index (χ2n) is 9.58. The van der Waals surface area contributed by atoms with Crippen LogP contribution < -0.4 is 4.90 Å². The molecule has 2 aromatic rings. The van der Waals surface area contributed by atoms with Gasteiger partial charge in [-0.3, -0.25) is 14.6 Å². The molecule has 0 aromatic heterocycles. The van der Waals surface area contributed by atoms with Gasteiger partial charge in [-0.15, -0.1) is 0 Å². The van der Waals surface area contributed by atoms with Crippen molar-refractivity contribution < 1.29 is 32.3 Å². The lowest BCUT2D eigenvalue weighted by molar-refractivity contribution is -0.192. The normalized spacial score (nSPS) is 17.9. The van der Waals surface area contributed by atoms with Gasteiger partial charge in [-0.05, 0) is 43.2 Å². The maximum absolute atomic E-state index is 14.1. The SMILES string of the molecule is O=C(C(c1ccccc1Cl)N(C(=O)OC(=O)C(F)(F)F)c1ccc(Cl)cc1)N1CCN(C2CCCCC2)CC1. The van der Waals surface area contributed by atoms with Crippen LogP contribution in [0.4, 0.5) is 23.7 Å². The Morgan fingerprint density at radius 2 is 1.51 bits per heavy atom. The average Bonchev–Trinajstić information content (AvgIpc) is 2.92. The number of amides is 2. The summed E-state index contributed by atoms with van der Waals surface area (Å²) in [6, 6.07) is 10.7. The maximum Gasteiger partial charge on any atom is 0.491 e. The number of hydrogen-bond acceptors (Lipinski definition) is 5. The summed E-state index contributed by atoms with van der Waals surface area (Å²) in [6.45, 7) is 1.98. The maximum atomic E-state index is 14.1. The van der Waals surface area contributed by atoms with Crippen molar-refractivity contribution in [1.29, 1.82) is 0 Å². The highest BCUT2D eigenvalue weighted by Gasteiger charge is 2.46. The lowest BCUT2D eigenvalue weighted by Gasteiger charge is -2.42. The minimum Gasteiger partial charge on any atom is -0.369 e. The third-order valence-corrected chi connectivity index (χ3v) is 7.72. The third-order valence-electron chi connectivity index (χ3n) is 7.12. The van der Waals surface area contributed by atoms with Crippen molar-refractivity contribution in [1.82, 2.24) is 9.80 Å². The number of rotatable bonds is 5. The molecule has 0 radical (unpaired) electrons. The van der Waals surface area contributed by atoms with Gasteiger partial charge in [0, 0.05) is 53.5 Å². The lowest BCUT2D eigenvalue weighted by Crippen LogP contribution is -2.55. The van der Waals surface area contributed by atoms with E-state index >= 15 is 0 Å². The standard InChI is InChI=1S/C27H28Cl2F3N3O4/c28-18-10-12-20(13-11-18)35(26(38)39-25(37)27(30,31)32)23(21-8-4-5-9-22(21)29)24(36)34-16-14-33(15-17-34)19-6-2-1-3-7-19/h4-5,8-13,19,23H,1-3,6-7,14-17H2. The van der Waals surface area contributed by atoms with Crippen LogP contribution in [0.25, 0.3) is 0 Å². The molecule has 2 amide bonds. The molecule has 0 bridgehead atoms. The van der Waals surface area contributed by atoms with Crippen molar-refractivity contribution in [2.24, 2.45) is 0 Å². The first-order chi connectivity index (χ1) is 18.6. The molecular weight excluding hydrogens is 558 g/mol. The summed E-state index contributed by atoms with van der Waals surface area (Å²) in [7, 11) is 0. The molecule has 2 aromatic carbocycles. The first-order valence-corrected chi connectivity index (χ1v) is 13.5. The molecule has 1 unspecified atom stereocenters. The number of piperazine rings is 1. The molecule has 0 spiro atoms. The summed E-state index contributed by atoms with van der Waals surface area (Å²) in [5, 5.41) is 0.406. The predicted octanol–water partition coefficient (Wildman–Crippen LogP) is 6.24. The molecule has 1 heterocycles. The van der Waals surface area contributed by atoms with Crippen molar-refractivity contribution in [2.45, 2.75) is 50.4 Å². The second-order valence-corrected chi connectivity index (χ2v) is 10.4. The zero-order valence-corrected chi connectivity index (χ0v) is 22.5. The van der Waals surface area contributed by atoms with Crippen LogP contribution >= 0.6 is 23.2 Å². The Morgan fingerprint density at radius 3 is 2.10 bits per heavy atom. The molecule has 7 nitrogen and oxygen atoms in total. The molecule has 210 valence electrons. The van der Waals surface area contributed by atoms with Gasteiger partial charge in [0.15, 0.2) is 0 Å². The van der Waals surface area contributed by atoms with E-state index in [1.165, 1.54) is 55.7 Å². The number of esters is 1. The molecule has 1 aliphatic heterocycles. The van der Waals surface area contributed by atoms with E-state index in [1.54, 1.807) is 17.0 Å². The lowest BCUT2D eigenvalue weighted by atomic mass is 9.93. The van der Waals surface area contributed by atoms with Crippen LogP contribution in [0.5, 0.6) is 0 Å². The topological polar surface area (TPSA) is 70.2 Å². The highest BCUT2D eigenvalue weighted by molar-refractivity contribution is 6.32. The zero-order chi connectivity index (χ0) is 28.2. The van der Waals surface area contributed by atoms with Gasteiger partial charge in [0.05, 0.1) is 0 Å². The van der Waals surface area contributed by atoms with E-state index in [0.717, 1.165) is 17.7 Å². The van der Waals surface area contributed by atoms with Crippen molar-refractivity contribution in [3.8, 4) is 0 Å². The smallest absolute Gasteiger partial charge is 0.369 e. The number of nitrogens with zero attached hydrogens (tertiary/aromatic N) is 3. The Balaban J connectivity index is 1.68. The first kappa shape index (κ1) is 29.2. The molecule has 12 heteroatoms. The summed E-state index contributed by atoms with van der Waals surface area (Å²) in [6.07, 6.45) is -1.29. The number of ether oxygens (including phenoxy) is 1. The quantitative estimate of drug-likeness (QED) is 0.307. The molecule has 2 fully saturated rings. The summed E-state index contributed by atoms with van der Waals surface area (Å²) >= 11 is 12.4. The molecule has 4 rings (SSSR count). The van der Waals surface area contributed by atoms with E-state index in [-0.39, 0.29) is 21.3 Å². The van der Waals surface area contributed by atoms with Gasteiger partial charge in [0.1, 0.15) is 6.04 Å². The number of carbonyl (C=O) groups excluding carboxylic acids is 3. The molecule has 0 N–H and O–H groups in total. The zero-order valence-electron chi connectivity index (χ0n) is 21.0. The monoisotopic (exact) mass is 585 g/mol. The van der Waals surface area contributed by atoms with Crippen LogP contribution in [0.15, 0.2) is 48.5 Å². The summed E-state index contributed by atoms with van der Waals surface area (Å²) in [5.74, 6) is -3.25. The van der Waals surface area contributed by atoms with Gasteiger partial charge in [-0.25, -0.2) is 9.59 Å². The van der Waals surface area contributed by atoms with Crippen LogP contribution in [0.2, 0.25) is 10.0 Å². The highest BCUT2D eigenvalue weighted by atomic mass is 35.5. The Kier molecular flexibility index (Phi) is 9.40. The van der Waals surface area contributed by atoms with E-state index < -0.39 is 30.2 Å². The minimum atomic E-state index is -5.42. The molecular formula is C27H28Cl2F3N3O4. The molecule has 39 heavy (non-hydrogen) atoms. The summed E-state index contributed by atoms with van der Waals surface area (Å²) < 4.78 is 43.2. The number of anilines is 1. The molecule has 1 saturated carbocycles. The Morgan fingerprint density at radius 1 is 0.897 bits per heavy atom. The van der Waals surface area contributed by atoms with E-state index in [2.05, 4.69) is 9.64 Å². The molecule has 2 aliphatic rings. The van der Waals surface area contributed by atoms with Crippen LogP contribution in [0.1, 0.15) is 43.7 Å². The van der Waals surface area contributed by atoms with E-state index in [9.17, 15) is 27.6 Å². The minimum absolute atomic E-state index is 0.00140. The number of carbonyl (C=O) groups is 3. The van der Waals surface area contributed by atoms with E-state index in [0.29, 0.717) is 32.2 Å². The van der Waals surface area contributed by atoms with Crippen molar-refractivity contribution in [3.63, 3.8) is 0 Å². The van der Waals surface area contributed by atoms with Gasteiger partial charge in [0.25, 0.3) is 5.91 Å². The van der Waals surface area contributed by atoms with Crippen molar-refractivity contribution >= 4 is 46.9 Å². The Hall–Kier alpha value is -2.82. The summed E-state index contributed by atoms with van der Waals surface area (Å²) in [5.41, 5.74) is 0.170. The largest absolute Gasteiger partial charge is 0.491 e. The second kappa shape index (κ2) is 12.6. The van der Waals surface area contributed by atoms with Gasteiger partial charge >= 0.3 is 18.2 Å². The number of hydrogen-bond donors (Lipinski definition) is 0. The fraction of sp³-hybridized carbons (Fsp3) is 0.444. The summed E-state index contributed by atoms with van der Waals surface area (Å²) in [4.78, 5) is 43.5. The highest BCUT2D eigenvalue weighted by Crippen LogP contribution is 2.35. The van der Waals surface area contributed by atoms with Gasteiger partial charge in [0.2, 0.25) is 0 Å². The van der Waals surface area contributed by atoms with Crippen LogP contribution in [0, 0.1) is 0 Å². The van der Waals surface area contributed by atoms with Gasteiger partial charge in [-0.2, -0.15) is 13.2 Å². The average molecular weight is 586 g/mol.